The summed E-state index contributed by atoms with van der Waals surface area (Å²) in [7, 11) is 0. The summed E-state index contributed by atoms with van der Waals surface area (Å²) >= 11 is 0. The SMILES string of the molecule is CC(C)(C)[C@@H]1NC(=O)OCCCCCc2cc(C#N)c3ccnc(c3c2)O[C@@H]2C[C@@H](C(=O)O)N(C2)C1=O. The summed E-state index contributed by atoms with van der Waals surface area (Å²) in [6.45, 7) is 5.61. The van der Waals surface area contributed by atoms with E-state index in [9.17, 15) is 24.8 Å². The molecule has 10 nitrogen and oxygen atoms in total. The summed E-state index contributed by atoms with van der Waals surface area (Å²) in [5.74, 6) is -1.36. The molecule has 3 heterocycles. The van der Waals surface area contributed by atoms with E-state index in [0.29, 0.717) is 28.6 Å². The number of aryl methyl sites for hydroxylation is 1. The fraction of sp³-hybridized carbons (Fsp3) is 0.519. The molecule has 0 unspecified atom stereocenters. The number of carboxylic acids is 1. The van der Waals surface area contributed by atoms with Crippen molar-refractivity contribution in [2.24, 2.45) is 5.41 Å². The van der Waals surface area contributed by atoms with E-state index in [1.807, 2.05) is 12.1 Å². The Balaban J connectivity index is 1.74. The number of nitrogens with one attached hydrogen (secondary N) is 1. The van der Waals surface area contributed by atoms with Crippen LogP contribution in [-0.2, 0) is 20.7 Å². The zero-order valence-corrected chi connectivity index (χ0v) is 21.3. The summed E-state index contributed by atoms with van der Waals surface area (Å²) in [4.78, 5) is 43.9. The standard InChI is InChI=1S/C27H32N4O6/c1-27(2,3)22-24(32)31-15-18(13-21(31)25(33)34)37-23-20-12-16(7-5-4-6-10-36-26(35)30-22)11-17(14-28)19(20)8-9-29-23/h8-9,11-12,18,21-22H,4-7,10,13,15H2,1-3H3,(H,30,35)(H,33,34)/t18-,21+,22-/m1/s1. The van der Waals surface area contributed by atoms with Gasteiger partial charge in [-0.3, -0.25) is 4.79 Å². The lowest BCUT2D eigenvalue weighted by Gasteiger charge is -2.34. The van der Waals surface area contributed by atoms with Crippen LogP contribution in [0.15, 0.2) is 24.4 Å². The van der Waals surface area contributed by atoms with Crippen molar-refractivity contribution in [3.8, 4) is 11.9 Å². The minimum absolute atomic E-state index is 0.0158. The number of carbonyl (C=O) groups is 3. The Morgan fingerprint density at radius 3 is 2.70 bits per heavy atom. The average molecular weight is 509 g/mol. The molecular weight excluding hydrogens is 476 g/mol. The number of benzene rings is 1. The normalized spacial score (nSPS) is 23.4. The highest BCUT2D eigenvalue weighted by atomic mass is 16.5. The number of hydrogen-bond donors (Lipinski definition) is 2. The molecule has 196 valence electrons. The number of aromatic nitrogens is 1. The molecule has 0 spiro atoms. The van der Waals surface area contributed by atoms with Gasteiger partial charge in [-0.15, -0.1) is 0 Å². The quantitative estimate of drug-likeness (QED) is 0.597. The van der Waals surface area contributed by atoms with Crippen LogP contribution in [0.4, 0.5) is 4.79 Å². The third-order valence-corrected chi connectivity index (χ3v) is 6.85. The van der Waals surface area contributed by atoms with Crippen LogP contribution >= 0.6 is 0 Å². The zero-order valence-electron chi connectivity index (χ0n) is 21.3. The Hall–Kier alpha value is -3.87. The maximum Gasteiger partial charge on any atom is 0.407 e. The smallest absolute Gasteiger partial charge is 0.407 e. The molecule has 4 rings (SSSR count). The van der Waals surface area contributed by atoms with Gasteiger partial charge in [0, 0.05) is 23.4 Å². The van der Waals surface area contributed by atoms with Gasteiger partial charge in [-0.05, 0) is 54.9 Å². The van der Waals surface area contributed by atoms with Crippen LogP contribution in [0.5, 0.6) is 5.88 Å². The predicted molar refractivity (Wildman–Crippen MR) is 134 cm³/mol. The van der Waals surface area contributed by atoms with Crippen molar-refractivity contribution in [3.63, 3.8) is 0 Å². The van der Waals surface area contributed by atoms with Gasteiger partial charge >= 0.3 is 12.1 Å². The Morgan fingerprint density at radius 2 is 2.00 bits per heavy atom. The first-order chi connectivity index (χ1) is 17.6. The Bertz CT molecular complexity index is 1250. The summed E-state index contributed by atoms with van der Waals surface area (Å²) in [6, 6.07) is 5.70. The minimum atomic E-state index is -1.15. The van der Waals surface area contributed by atoms with Crippen molar-refractivity contribution in [3.05, 3.63) is 35.5 Å². The molecule has 0 aliphatic carbocycles. The Labute approximate surface area is 215 Å². The molecule has 3 atom stereocenters. The second-order valence-corrected chi connectivity index (χ2v) is 10.7. The van der Waals surface area contributed by atoms with Gasteiger partial charge in [0.15, 0.2) is 0 Å². The number of rotatable bonds is 1. The van der Waals surface area contributed by atoms with E-state index in [4.69, 9.17) is 9.47 Å². The number of nitriles is 1. The number of alkyl carbamates (subject to hydrolysis) is 1. The van der Waals surface area contributed by atoms with Gasteiger partial charge in [0.2, 0.25) is 11.8 Å². The lowest BCUT2D eigenvalue weighted by atomic mass is 9.85. The van der Waals surface area contributed by atoms with E-state index in [0.717, 1.165) is 24.8 Å². The topological polar surface area (TPSA) is 142 Å². The number of ether oxygens (including phenoxy) is 2. The first kappa shape index (κ1) is 26.2. The van der Waals surface area contributed by atoms with Gasteiger partial charge in [0.25, 0.3) is 0 Å². The van der Waals surface area contributed by atoms with Gasteiger partial charge < -0.3 is 24.8 Å². The highest BCUT2D eigenvalue weighted by Gasteiger charge is 2.46. The number of carboxylic acid groups (broad SMARTS) is 1. The van der Waals surface area contributed by atoms with Gasteiger partial charge in [0.05, 0.1) is 24.8 Å². The van der Waals surface area contributed by atoms with Gasteiger partial charge in [-0.25, -0.2) is 14.6 Å². The summed E-state index contributed by atoms with van der Waals surface area (Å²) < 4.78 is 11.5. The zero-order chi connectivity index (χ0) is 26.7. The lowest BCUT2D eigenvalue weighted by Crippen LogP contribution is -2.57. The molecule has 1 aromatic carbocycles. The molecule has 0 radical (unpaired) electrons. The first-order valence-electron chi connectivity index (χ1n) is 12.5. The maximum absolute atomic E-state index is 13.6. The molecule has 1 aromatic heterocycles. The molecule has 10 heteroatoms. The van der Waals surface area contributed by atoms with Crippen LogP contribution in [0.1, 0.15) is 57.6 Å². The van der Waals surface area contributed by atoms with Crippen LogP contribution < -0.4 is 10.1 Å². The summed E-state index contributed by atoms with van der Waals surface area (Å²) in [5.41, 5.74) is 0.774. The molecule has 2 aromatic rings. The van der Waals surface area contributed by atoms with E-state index in [1.54, 1.807) is 33.0 Å². The maximum atomic E-state index is 13.6. The highest BCUT2D eigenvalue weighted by molar-refractivity contribution is 5.92. The number of fused-ring (bicyclic) bond motifs is 3. The van der Waals surface area contributed by atoms with E-state index in [2.05, 4.69) is 16.4 Å². The van der Waals surface area contributed by atoms with Crippen LogP contribution in [0.2, 0.25) is 0 Å². The van der Waals surface area contributed by atoms with E-state index in [1.165, 1.54) is 4.90 Å². The highest BCUT2D eigenvalue weighted by Crippen LogP contribution is 2.32. The van der Waals surface area contributed by atoms with Crippen molar-refractivity contribution in [2.45, 2.75) is 71.1 Å². The molecular formula is C27H32N4O6. The molecule has 4 bridgehead atoms. The minimum Gasteiger partial charge on any atom is -0.480 e. The molecule has 1 fully saturated rings. The van der Waals surface area contributed by atoms with Crippen molar-refractivity contribution < 1.29 is 29.0 Å². The third-order valence-electron chi connectivity index (χ3n) is 6.85. The van der Waals surface area contributed by atoms with Crippen LogP contribution in [0, 0.1) is 16.7 Å². The Morgan fingerprint density at radius 1 is 1.22 bits per heavy atom. The monoisotopic (exact) mass is 508 g/mol. The molecule has 2 N–H and O–H groups in total. The van der Waals surface area contributed by atoms with Crippen LogP contribution in [0.25, 0.3) is 10.8 Å². The molecule has 2 amide bonds. The Kier molecular flexibility index (Phi) is 7.52. The molecule has 2 aliphatic rings. The van der Waals surface area contributed by atoms with Crippen molar-refractivity contribution in [1.82, 2.24) is 15.2 Å². The number of hydrogen-bond acceptors (Lipinski definition) is 7. The number of carbonyl (C=O) groups excluding carboxylic acids is 2. The molecule has 0 saturated carbocycles. The van der Waals surface area contributed by atoms with Crippen molar-refractivity contribution >= 4 is 28.7 Å². The number of pyridine rings is 1. The van der Waals surface area contributed by atoms with E-state index in [-0.39, 0.29) is 19.6 Å². The predicted octanol–water partition coefficient (Wildman–Crippen LogP) is 3.41. The fourth-order valence-corrected chi connectivity index (χ4v) is 4.91. The molecule has 2 aliphatic heterocycles. The first-order valence-corrected chi connectivity index (χ1v) is 12.5. The second kappa shape index (κ2) is 10.6. The summed E-state index contributed by atoms with van der Waals surface area (Å²) in [5, 5.41) is 23.7. The largest absolute Gasteiger partial charge is 0.480 e. The number of nitrogens with zero attached hydrogens (tertiary/aromatic N) is 3. The van der Waals surface area contributed by atoms with Gasteiger partial charge in [-0.1, -0.05) is 20.8 Å². The van der Waals surface area contributed by atoms with Crippen molar-refractivity contribution in [2.75, 3.05) is 13.2 Å². The number of cyclic esters (lactones) is 1. The van der Waals surface area contributed by atoms with Gasteiger partial charge in [-0.2, -0.15) is 5.26 Å². The second-order valence-electron chi connectivity index (χ2n) is 10.7. The average Bonchev–Trinajstić information content (AvgIpc) is 3.27. The van der Waals surface area contributed by atoms with Gasteiger partial charge in [0.1, 0.15) is 18.2 Å². The third kappa shape index (κ3) is 5.77. The molecule has 37 heavy (non-hydrogen) atoms. The van der Waals surface area contributed by atoms with Crippen LogP contribution in [-0.4, -0.2) is 64.3 Å². The lowest BCUT2D eigenvalue weighted by molar-refractivity contribution is -0.150. The number of aliphatic carboxylic acids is 1. The van der Waals surface area contributed by atoms with Crippen molar-refractivity contribution in [1.29, 1.82) is 5.26 Å². The summed E-state index contributed by atoms with van der Waals surface area (Å²) in [6.07, 6.45) is 3.28. The molecule has 1 saturated heterocycles. The fourth-order valence-electron chi connectivity index (χ4n) is 4.91. The van der Waals surface area contributed by atoms with E-state index >= 15 is 0 Å². The van der Waals surface area contributed by atoms with E-state index < -0.39 is 41.6 Å². The number of amides is 2. The van der Waals surface area contributed by atoms with Crippen LogP contribution in [0.3, 0.4) is 0 Å².